The SMILES string of the molecule is O=C(N[C@H]1CCNC1)C(O)(c1ccccc1)C1CCCC1. The van der Waals surface area contributed by atoms with Gasteiger partial charge in [0.05, 0.1) is 0 Å². The number of hydrogen-bond donors (Lipinski definition) is 3. The third kappa shape index (κ3) is 2.83. The highest BCUT2D eigenvalue weighted by Crippen LogP contribution is 2.40. The zero-order valence-corrected chi connectivity index (χ0v) is 12.3. The summed E-state index contributed by atoms with van der Waals surface area (Å²) in [5, 5.41) is 17.6. The smallest absolute Gasteiger partial charge is 0.257 e. The quantitative estimate of drug-likeness (QED) is 0.787. The van der Waals surface area contributed by atoms with Crippen molar-refractivity contribution >= 4 is 5.91 Å². The molecule has 2 atom stereocenters. The zero-order chi connectivity index (χ0) is 14.7. The van der Waals surface area contributed by atoms with Crippen molar-refractivity contribution in [2.75, 3.05) is 13.1 Å². The van der Waals surface area contributed by atoms with E-state index in [4.69, 9.17) is 0 Å². The molecule has 1 heterocycles. The predicted molar refractivity (Wildman–Crippen MR) is 81.7 cm³/mol. The van der Waals surface area contributed by atoms with Crippen LogP contribution in [-0.2, 0) is 10.4 Å². The number of carbonyl (C=O) groups is 1. The second-order valence-electron chi connectivity index (χ2n) is 6.28. The van der Waals surface area contributed by atoms with Gasteiger partial charge in [0.25, 0.3) is 5.91 Å². The molecule has 1 aliphatic heterocycles. The van der Waals surface area contributed by atoms with Crippen molar-refractivity contribution in [3.05, 3.63) is 35.9 Å². The van der Waals surface area contributed by atoms with Crippen LogP contribution in [0.25, 0.3) is 0 Å². The van der Waals surface area contributed by atoms with Gasteiger partial charge in [-0.15, -0.1) is 0 Å². The normalized spacial score (nSPS) is 25.7. The van der Waals surface area contributed by atoms with Gasteiger partial charge in [0.2, 0.25) is 0 Å². The summed E-state index contributed by atoms with van der Waals surface area (Å²) in [5.74, 6) is -0.205. The second-order valence-corrected chi connectivity index (χ2v) is 6.28. The first-order valence-electron chi connectivity index (χ1n) is 8.01. The van der Waals surface area contributed by atoms with Gasteiger partial charge in [0.1, 0.15) is 0 Å². The lowest BCUT2D eigenvalue weighted by Gasteiger charge is -2.34. The van der Waals surface area contributed by atoms with Gasteiger partial charge in [-0.05, 0) is 31.4 Å². The Morgan fingerprint density at radius 1 is 1.19 bits per heavy atom. The molecule has 114 valence electrons. The van der Waals surface area contributed by atoms with Crippen LogP contribution in [0.5, 0.6) is 0 Å². The van der Waals surface area contributed by atoms with Crippen LogP contribution in [0.4, 0.5) is 0 Å². The fraction of sp³-hybridized carbons (Fsp3) is 0.588. The van der Waals surface area contributed by atoms with Gasteiger partial charge in [-0.2, -0.15) is 0 Å². The fourth-order valence-electron chi connectivity index (χ4n) is 3.66. The van der Waals surface area contributed by atoms with Crippen LogP contribution in [0.3, 0.4) is 0 Å². The molecule has 1 amide bonds. The maximum Gasteiger partial charge on any atom is 0.257 e. The van der Waals surface area contributed by atoms with Gasteiger partial charge in [-0.3, -0.25) is 4.79 Å². The maximum absolute atomic E-state index is 12.8. The van der Waals surface area contributed by atoms with Crippen molar-refractivity contribution in [1.82, 2.24) is 10.6 Å². The number of amides is 1. The first-order valence-corrected chi connectivity index (χ1v) is 8.01. The molecule has 3 rings (SSSR count). The Labute approximate surface area is 125 Å². The van der Waals surface area contributed by atoms with E-state index in [0.29, 0.717) is 0 Å². The second kappa shape index (κ2) is 6.16. The van der Waals surface area contributed by atoms with Crippen LogP contribution in [0.15, 0.2) is 30.3 Å². The van der Waals surface area contributed by atoms with Crippen molar-refractivity contribution < 1.29 is 9.90 Å². The van der Waals surface area contributed by atoms with Crippen molar-refractivity contribution in [2.45, 2.75) is 43.7 Å². The molecule has 3 N–H and O–H groups in total. The summed E-state index contributed by atoms with van der Waals surface area (Å²) in [6.07, 6.45) is 4.96. The number of benzene rings is 1. The number of hydrogen-bond acceptors (Lipinski definition) is 3. The van der Waals surface area contributed by atoms with E-state index in [1.807, 2.05) is 30.3 Å². The van der Waals surface area contributed by atoms with Gasteiger partial charge in [0.15, 0.2) is 5.60 Å². The molecule has 0 radical (unpaired) electrons. The van der Waals surface area contributed by atoms with E-state index in [0.717, 1.165) is 50.8 Å². The molecule has 2 aliphatic rings. The Morgan fingerprint density at radius 3 is 2.52 bits per heavy atom. The lowest BCUT2D eigenvalue weighted by Crippen LogP contribution is -2.52. The number of aliphatic hydroxyl groups is 1. The summed E-state index contributed by atoms with van der Waals surface area (Å²) in [7, 11) is 0. The summed E-state index contributed by atoms with van der Waals surface area (Å²) < 4.78 is 0. The van der Waals surface area contributed by atoms with E-state index >= 15 is 0 Å². The monoisotopic (exact) mass is 288 g/mol. The average Bonchev–Trinajstić information content (AvgIpc) is 3.20. The molecular weight excluding hydrogens is 264 g/mol. The molecule has 1 aliphatic carbocycles. The van der Waals surface area contributed by atoms with Crippen LogP contribution in [0.2, 0.25) is 0 Å². The molecule has 1 unspecified atom stereocenters. The standard InChI is InChI=1S/C17H24N2O2/c20-16(19-15-10-11-18-12-15)17(21,14-8-4-5-9-14)13-6-2-1-3-7-13/h1-3,6-7,14-15,18,21H,4-5,8-12H2,(H,19,20)/t15-,17?/m0/s1. The van der Waals surface area contributed by atoms with Crippen molar-refractivity contribution in [1.29, 1.82) is 0 Å². The molecule has 1 saturated heterocycles. The molecule has 1 aromatic carbocycles. The van der Waals surface area contributed by atoms with Crippen LogP contribution in [0.1, 0.15) is 37.7 Å². The number of carbonyl (C=O) groups excluding carboxylic acids is 1. The lowest BCUT2D eigenvalue weighted by atomic mass is 9.79. The van der Waals surface area contributed by atoms with Gasteiger partial charge < -0.3 is 15.7 Å². The number of rotatable bonds is 4. The molecular formula is C17H24N2O2. The van der Waals surface area contributed by atoms with E-state index in [9.17, 15) is 9.90 Å². The van der Waals surface area contributed by atoms with Crippen LogP contribution >= 0.6 is 0 Å². The lowest BCUT2D eigenvalue weighted by molar-refractivity contribution is -0.148. The minimum atomic E-state index is -1.39. The summed E-state index contributed by atoms with van der Waals surface area (Å²) in [4.78, 5) is 12.8. The predicted octanol–water partition coefficient (Wildman–Crippen LogP) is 1.54. The Bertz CT molecular complexity index is 479. The minimum absolute atomic E-state index is 0.0225. The molecule has 4 nitrogen and oxygen atoms in total. The van der Waals surface area contributed by atoms with Gasteiger partial charge in [-0.25, -0.2) is 0 Å². The average molecular weight is 288 g/mol. The van der Waals surface area contributed by atoms with E-state index in [1.165, 1.54) is 0 Å². The molecule has 1 aromatic rings. The van der Waals surface area contributed by atoms with Crippen LogP contribution in [0, 0.1) is 5.92 Å². The van der Waals surface area contributed by atoms with Crippen LogP contribution < -0.4 is 10.6 Å². The van der Waals surface area contributed by atoms with E-state index < -0.39 is 5.60 Å². The minimum Gasteiger partial charge on any atom is -0.375 e. The first kappa shape index (κ1) is 14.5. The molecule has 0 spiro atoms. The highest BCUT2D eigenvalue weighted by atomic mass is 16.3. The highest BCUT2D eigenvalue weighted by Gasteiger charge is 2.46. The number of nitrogens with one attached hydrogen (secondary N) is 2. The molecule has 0 bridgehead atoms. The van der Waals surface area contributed by atoms with Crippen molar-refractivity contribution in [2.24, 2.45) is 5.92 Å². The largest absolute Gasteiger partial charge is 0.375 e. The topological polar surface area (TPSA) is 61.4 Å². The Kier molecular flexibility index (Phi) is 4.27. The maximum atomic E-state index is 12.8. The highest BCUT2D eigenvalue weighted by molar-refractivity contribution is 5.87. The summed E-state index contributed by atoms with van der Waals surface area (Å²) in [5.41, 5.74) is -0.666. The molecule has 4 heteroatoms. The third-order valence-electron chi connectivity index (χ3n) is 4.90. The van der Waals surface area contributed by atoms with Gasteiger partial charge in [-0.1, -0.05) is 43.2 Å². The molecule has 0 aromatic heterocycles. The molecule has 21 heavy (non-hydrogen) atoms. The Balaban J connectivity index is 1.86. The van der Waals surface area contributed by atoms with Gasteiger partial charge >= 0.3 is 0 Å². The summed E-state index contributed by atoms with van der Waals surface area (Å²) >= 11 is 0. The van der Waals surface area contributed by atoms with E-state index in [1.54, 1.807) is 0 Å². The van der Waals surface area contributed by atoms with Crippen LogP contribution in [-0.4, -0.2) is 30.1 Å². The Morgan fingerprint density at radius 2 is 1.90 bits per heavy atom. The summed E-state index contributed by atoms with van der Waals surface area (Å²) in [6, 6.07) is 9.56. The molecule has 2 fully saturated rings. The first-order chi connectivity index (χ1) is 10.2. The Hall–Kier alpha value is -1.39. The third-order valence-corrected chi connectivity index (χ3v) is 4.90. The fourth-order valence-corrected chi connectivity index (χ4v) is 3.66. The summed E-state index contributed by atoms with van der Waals surface area (Å²) in [6.45, 7) is 1.72. The van der Waals surface area contributed by atoms with E-state index in [-0.39, 0.29) is 17.9 Å². The van der Waals surface area contributed by atoms with Gasteiger partial charge in [0, 0.05) is 18.5 Å². The van der Waals surface area contributed by atoms with Crippen molar-refractivity contribution in [3.63, 3.8) is 0 Å². The van der Waals surface area contributed by atoms with Crippen molar-refractivity contribution in [3.8, 4) is 0 Å². The zero-order valence-electron chi connectivity index (χ0n) is 12.3. The molecule has 1 saturated carbocycles. The van der Waals surface area contributed by atoms with E-state index in [2.05, 4.69) is 10.6 Å².